The van der Waals surface area contributed by atoms with Crippen LogP contribution in [0.3, 0.4) is 0 Å². The van der Waals surface area contributed by atoms with Crippen LogP contribution >= 0.6 is 0 Å². The molecular weight excluding hydrogens is 1000 g/mol. The van der Waals surface area contributed by atoms with E-state index in [1.807, 2.05) is 0 Å². The summed E-state index contributed by atoms with van der Waals surface area (Å²) in [6.45, 7) is 23.4. The van der Waals surface area contributed by atoms with Crippen LogP contribution in [0.25, 0.3) is 87.4 Å². The number of hydrogen-bond donors (Lipinski definition) is 0. The molecule has 7 aliphatic rings. The van der Waals surface area contributed by atoms with Crippen molar-refractivity contribution in [2.45, 2.75) is 75.0 Å². The monoisotopic (exact) mass is 1060 g/mol. The molecule has 0 N–H and O–H groups in total. The normalized spacial score (nSPS) is 17.0. The Bertz CT molecular complexity index is 5200. The van der Waals surface area contributed by atoms with Gasteiger partial charge in [-0.3, -0.25) is 0 Å². The van der Waals surface area contributed by atoms with Crippen LogP contribution in [0.15, 0.2) is 200 Å². The van der Waals surface area contributed by atoms with Gasteiger partial charge in [-0.25, -0.2) is 4.85 Å². The van der Waals surface area contributed by atoms with Gasteiger partial charge in [-0.2, -0.15) is 5.26 Å². The van der Waals surface area contributed by atoms with Gasteiger partial charge in [0.05, 0.1) is 40.1 Å². The minimum absolute atomic E-state index is 0.00749. The van der Waals surface area contributed by atoms with Gasteiger partial charge in [0.25, 0.3) is 0 Å². The zero-order valence-corrected chi connectivity index (χ0v) is 47.0. The molecule has 2 aromatic heterocycles. The average molecular weight is 1060 g/mol. The highest BCUT2D eigenvalue weighted by Crippen LogP contribution is 2.70. The molecule has 13 aromatic rings. The van der Waals surface area contributed by atoms with Crippen molar-refractivity contribution in [3.63, 3.8) is 0 Å². The number of hydrogen-bond acceptors (Lipinski definition) is 1. The van der Waals surface area contributed by atoms with Gasteiger partial charge < -0.3 is 4.40 Å². The number of benzene rings is 11. The highest BCUT2D eigenvalue weighted by molar-refractivity contribution is 6.32. The van der Waals surface area contributed by atoms with Crippen molar-refractivity contribution in [1.29, 1.82) is 5.26 Å². The zero-order valence-electron chi connectivity index (χ0n) is 47.0. The third-order valence-electron chi connectivity index (χ3n) is 21.0. The summed E-state index contributed by atoms with van der Waals surface area (Å²) in [7, 11) is 0. The van der Waals surface area contributed by atoms with Gasteiger partial charge in [0, 0.05) is 38.9 Å². The second-order valence-electron chi connectivity index (χ2n) is 26.6. The topological polar surface area (TPSA) is 32.6 Å². The Morgan fingerprint density at radius 2 is 0.855 bits per heavy atom. The number of nitrogens with zero attached hydrogens (tertiary/aromatic N) is 3. The summed E-state index contributed by atoms with van der Waals surface area (Å²) in [5.41, 5.74) is 32.5. The summed E-state index contributed by atoms with van der Waals surface area (Å²) in [6.07, 6.45) is 0. The number of aromatic nitrogens is 1. The van der Waals surface area contributed by atoms with Crippen molar-refractivity contribution >= 4 is 43.8 Å². The molecule has 0 fully saturated rings. The molecule has 7 aliphatic carbocycles. The largest absolute Gasteiger partial charge is 0.309 e. The molecule has 11 aromatic carbocycles. The molecule has 388 valence electrons. The van der Waals surface area contributed by atoms with Gasteiger partial charge in [0.15, 0.2) is 5.69 Å². The number of rotatable bonds is 0. The lowest BCUT2D eigenvalue weighted by atomic mass is 9.60. The third-order valence-corrected chi connectivity index (χ3v) is 21.0. The molecule has 2 bridgehead atoms. The smallest absolute Gasteiger partial charge is 0.194 e. The second kappa shape index (κ2) is 14.8. The van der Waals surface area contributed by atoms with E-state index in [0.717, 1.165) is 33.3 Å². The maximum absolute atomic E-state index is 12.2. The Labute approximate surface area is 482 Å². The molecule has 0 saturated carbocycles. The van der Waals surface area contributed by atoms with Crippen LogP contribution in [-0.2, 0) is 21.7 Å². The number of nitriles is 1. The van der Waals surface area contributed by atoms with Crippen LogP contribution in [0.5, 0.6) is 0 Å². The van der Waals surface area contributed by atoms with Gasteiger partial charge in [-0.1, -0.05) is 224 Å². The lowest BCUT2D eigenvalue weighted by molar-refractivity contribution is 0.589. The maximum atomic E-state index is 12.2. The molecule has 83 heavy (non-hydrogen) atoms. The predicted octanol–water partition coefficient (Wildman–Crippen LogP) is 19.5. The van der Waals surface area contributed by atoms with Crippen LogP contribution in [0.1, 0.15) is 148 Å². The lowest BCUT2D eigenvalue weighted by Gasteiger charge is -2.42. The molecule has 2 heterocycles. The Kier molecular flexibility index (Phi) is 8.19. The van der Waals surface area contributed by atoms with E-state index in [1.54, 1.807) is 0 Å². The van der Waals surface area contributed by atoms with E-state index >= 15 is 0 Å². The van der Waals surface area contributed by atoms with Crippen molar-refractivity contribution < 1.29 is 0 Å². The molecule has 0 amide bonds. The first-order valence-corrected chi connectivity index (χ1v) is 29.5. The fraction of sp³-hybridized carbons (Fsp3) is 0.150. The van der Waals surface area contributed by atoms with Crippen LogP contribution in [0, 0.1) is 17.9 Å². The quantitative estimate of drug-likeness (QED) is 0.139. The molecule has 0 aliphatic heterocycles. The summed E-state index contributed by atoms with van der Waals surface area (Å²) in [5.74, 6) is -0.0459. The van der Waals surface area contributed by atoms with Crippen molar-refractivity contribution in [1.82, 2.24) is 4.40 Å². The highest BCUT2D eigenvalue weighted by Gasteiger charge is 2.57. The van der Waals surface area contributed by atoms with E-state index in [4.69, 9.17) is 4.85 Å². The lowest BCUT2D eigenvalue weighted by Crippen LogP contribution is -2.27. The minimum atomic E-state index is -0.755. The third kappa shape index (κ3) is 5.02. The van der Waals surface area contributed by atoms with E-state index in [0.29, 0.717) is 11.3 Å². The van der Waals surface area contributed by atoms with Crippen LogP contribution in [0.4, 0.5) is 5.69 Å². The zero-order chi connectivity index (χ0) is 55.5. The molecule has 3 nitrogen and oxygen atoms in total. The number of fused-ring (bicyclic) bond motifs is 28. The SMILES string of the molecule is [C-]#[N+]c1cc2c(c3c1C1(c4ccccc4-c4ccccc41)c1ccc(C(C)(C)C)cc1-3)c1cc3c(c4c5c6c(c(C#N)cc5n2c14)C1(c2ccccc2-c2ccccc21)c1ccc(C(C)(C)C)cc1-6)C1c2ccccc2C3c2ccccc21. The average Bonchev–Trinajstić information content (AvgIpc) is 1.54. The molecule has 0 atom stereocenters. The maximum Gasteiger partial charge on any atom is 0.194 e. The first-order valence-electron chi connectivity index (χ1n) is 29.5. The Morgan fingerprint density at radius 3 is 1.33 bits per heavy atom. The Morgan fingerprint density at radius 1 is 0.434 bits per heavy atom. The van der Waals surface area contributed by atoms with Crippen molar-refractivity contribution in [3.8, 4) is 50.6 Å². The van der Waals surface area contributed by atoms with Crippen molar-refractivity contribution in [2.75, 3.05) is 0 Å². The van der Waals surface area contributed by atoms with Gasteiger partial charge in [0.1, 0.15) is 0 Å². The van der Waals surface area contributed by atoms with E-state index in [2.05, 4.69) is 252 Å². The standard InChI is InChI=1S/C80H53N3/c1-77(2,3)43-33-35-62-53(37-43)70-68-56-39-55-66-49-24-8-10-26-51(49)67(52-27-11-9-25-50(52)66)69(55)73-72-64(83(76(56)73)65(68)40-63(82-7)75(70)80(62)59-30-18-14-22-47(59)48-23-15-19-31-60(48)80)36-42(41-81)74-71(72)54-38-44(78(4,5)6)32-34-61(54)79(74)57-28-16-12-20-45(57)46-21-13-17-29-58(46)79/h8-40,66-67H,1-6H3. The Balaban J connectivity index is 1.07. The van der Waals surface area contributed by atoms with Crippen LogP contribution in [-0.4, -0.2) is 4.40 Å². The highest BCUT2D eigenvalue weighted by atomic mass is 14.9. The molecule has 20 rings (SSSR count). The van der Waals surface area contributed by atoms with Crippen molar-refractivity contribution in [3.05, 3.63) is 306 Å². The fourth-order valence-electron chi connectivity index (χ4n) is 18.0. The van der Waals surface area contributed by atoms with E-state index < -0.39 is 10.8 Å². The van der Waals surface area contributed by atoms with E-state index in [9.17, 15) is 11.8 Å². The first kappa shape index (κ1) is 45.9. The van der Waals surface area contributed by atoms with Crippen LogP contribution < -0.4 is 0 Å². The summed E-state index contributed by atoms with van der Waals surface area (Å²) in [5, 5.41) is 17.0. The molecule has 0 radical (unpaired) electrons. The van der Waals surface area contributed by atoms with Crippen molar-refractivity contribution in [2.24, 2.45) is 0 Å². The summed E-state index contributed by atoms with van der Waals surface area (Å²) in [6, 6.07) is 79.0. The van der Waals surface area contributed by atoms with Gasteiger partial charge in [-0.15, -0.1) is 0 Å². The summed E-state index contributed by atoms with van der Waals surface area (Å²) < 4.78 is 2.54. The first-order chi connectivity index (χ1) is 40.4. The van der Waals surface area contributed by atoms with Crippen LogP contribution in [0.2, 0.25) is 0 Å². The summed E-state index contributed by atoms with van der Waals surface area (Å²) in [4.78, 5) is 4.72. The summed E-state index contributed by atoms with van der Waals surface area (Å²) >= 11 is 0. The van der Waals surface area contributed by atoms with Gasteiger partial charge >= 0.3 is 0 Å². The fourth-order valence-corrected chi connectivity index (χ4v) is 18.0. The molecule has 0 saturated heterocycles. The Hall–Kier alpha value is -9.80. The van der Waals surface area contributed by atoms with E-state index in [-0.39, 0.29) is 22.7 Å². The second-order valence-corrected chi connectivity index (χ2v) is 26.6. The predicted molar refractivity (Wildman–Crippen MR) is 337 cm³/mol. The van der Waals surface area contributed by atoms with Gasteiger partial charge in [-0.05, 0) is 163 Å². The minimum Gasteiger partial charge on any atom is -0.309 e. The molecular formula is C80H53N3. The molecule has 2 spiro atoms. The molecule has 0 unspecified atom stereocenters. The molecule has 3 heteroatoms. The van der Waals surface area contributed by atoms with E-state index in [1.165, 1.54) is 138 Å². The van der Waals surface area contributed by atoms with Gasteiger partial charge in [0.2, 0.25) is 0 Å².